The van der Waals surface area contributed by atoms with E-state index in [4.69, 9.17) is 0 Å². The Morgan fingerprint density at radius 2 is 2.04 bits per heavy atom. The third kappa shape index (κ3) is 3.14. The first-order chi connectivity index (χ1) is 12.6. The van der Waals surface area contributed by atoms with Crippen LogP contribution in [0.15, 0.2) is 41.3 Å². The van der Waals surface area contributed by atoms with Crippen molar-refractivity contribution in [2.45, 2.75) is 32.2 Å². The Morgan fingerprint density at radius 1 is 1.19 bits per heavy atom. The van der Waals surface area contributed by atoms with Crippen LogP contribution in [0.25, 0.3) is 0 Å². The van der Waals surface area contributed by atoms with Crippen LogP contribution in [0.4, 0.5) is 5.69 Å². The molecule has 26 heavy (non-hydrogen) atoms. The second kappa shape index (κ2) is 6.78. The third-order valence-corrected chi connectivity index (χ3v) is 5.27. The minimum atomic E-state index is -0.126. The van der Waals surface area contributed by atoms with E-state index < -0.39 is 0 Å². The smallest absolute Gasteiger partial charge is 0.254 e. The summed E-state index contributed by atoms with van der Waals surface area (Å²) in [6, 6.07) is 8.51. The SMILES string of the molecule is O=C(Nc1cccc(C(=O)N2CCc3[nH]ccc(=O)c3C2)c1)C1CCC1. The first-order valence-electron chi connectivity index (χ1n) is 9.01. The van der Waals surface area contributed by atoms with E-state index in [1.54, 1.807) is 35.4 Å². The van der Waals surface area contributed by atoms with Crippen molar-refractivity contribution in [2.75, 3.05) is 11.9 Å². The van der Waals surface area contributed by atoms with Gasteiger partial charge in [-0.05, 0) is 31.0 Å². The fourth-order valence-corrected chi connectivity index (χ4v) is 3.47. The van der Waals surface area contributed by atoms with Crippen LogP contribution in [-0.2, 0) is 17.8 Å². The maximum Gasteiger partial charge on any atom is 0.254 e. The molecule has 1 aliphatic carbocycles. The number of amides is 2. The molecule has 0 atom stereocenters. The van der Waals surface area contributed by atoms with Gasteiger partial charge in [-0.25, -0.2) is 0 Å². The minimum absolute atomic E-state index is 0.0271. The minimum Gasteiger partial charge on any atom is -0.364 e. The summed E-state index contributed by atoms with van der Waals surface area (Å²) >= 11 is 0. The Kier molecular flexibility index (Phi) is 4.32. The van der Waals surface area contributed by atoms with Crippen LogP contribution in [0.2, 0.25) is 0 Å². The summed E-state index contributed by atoms with van der Waals surface area (Å²) in [4.78, 5) is 41.8. The van der Waals surface area contributed by atoms with E-state index in [1.807, 2.05) is 0 Å². The number of rotatable bonds is 3. The van der Waals surface area contributed by atoms with Gasteiger partial charge in [0.15, 0.2) is 5.43 Å². The highest BCUT2D eigenvalue weighted by Crippen LogP contribution is 2.28. The topological polar surface area (TPSA) is 82.3 Å². The van der Waals surface area contributed by atoms with E-state index in [9.17, 15) is 14.4 Å². The average Bonchev–Trinajstić information content (AvgIpc) is 2.60. The first kappa shape index (κ1) is 16.6. The Morgan fingerprint density at radius 3 is 2.81 bits per heavy atom. The van der Waals surface area contributed by atoms with Gasteiger partial charge in [-0.3, -0.25) is 14.4 Å². The lowest BCUT2D eigenvalue weighted by Gasteiger charge is -2.28. The Balaban J connectivity index is 1.50. The standard InChI is InChI=1S/C20H21N3O3/c24-18-7-9-21-17-8-10-23(12-16(17)18)20(26)14-5-2-6-15(11-14)22-19(25)13-3-1-4-13/h2,5-7,9,11,13H,1,3-4,8,10,12H2,(H,21,24)(H,22,25). The highest BCUT2D eigenvalue weighted by Gasteiger charge is 2.26. The molecule has 2 N–H and O–H groups in total. The van der Waals surface area contributed by atoms with Crippen LogP contribution in [0.1, 0.15) is 40.9 Å². The number of nitrogens with one attached hydrogen (secondary N) is 2. The van der Waals surface area contributed by atoms with Crippen molar-refractivity contribution in [2.24, 2.45) is 5.92 Å². The van der Waals surface area contributed by atoms with Gasteiger partial charge in [0.2, 0.25) is 5.91 Å². The van der Waals surface area contributed by atoms with Crippen LogP contribution in [0, 0.1) is 5.92 Å². The molecule has 6 heteroatoms. The van der Waals surface area contributed by atoms with Crippen LogP contribution >= 0.6 is 0 Å². The van der Waals surface area contributed by atoms with Crippen molar-refractivity contribution < 1.29 is 9.59 Å². The largest absolute Gasteiger partial charge is 0.364 e. The van der Waals surface area contributed by atoms with Crippen molar-refractivity contribution >= 4 is 17.5 Å². The van der Waals surface area contributed by atoms with Gasteiger partial charge in [-0.2, -0.15) is 0 Å². The summed E-state index contributed by atoms with van der Waals surface area (Å²) in [6.07, 6.45) is 5.26. The van der Waals surface area contributed by atoms with Gasteiger partial charge in [0.1, 0.15) is 0 Å². The predicted octanol–water partition coefficient (Wildman–Crippen LogP) is 2.31. The number of nitrogens with zero attached hydrogens (tertiary/aromatic N) is 1. The van der Waals surface area contributed by atoms with Crippen LogP contribution in [0.3, 0.4) is 0 Å². The van der Waals surface area contributed by atoms with E-state index >= 15 is 0 Å². The molecule has 2 aromatic rings. The molecule has 4 rings (SSSR count). The van der Waals surface area contributed by atoms with Crippen LogP contribution < -0.4 is 10.7 Å². The molecule has 1 saturated carbocycles. The molecule has 0 radical (unpaired) electrons. The maximum absolute atomic E-state index is 12.9. The van der Waals surface area contributed by atoms with Crippen LogP contribution in [0.5, 0.6) is 0 Å². The lowest BCUT2D eigenvalue weighted by Crippen LogP contribution is -2.38. The molecule has 1 aromatic heterocycles. The summed E-state index contributed by atoms with van der Waals surface area (Å²) in [5.74, 6) is -0.00221. The molecule has 0 unspecified atom stereocenters. The van der Waals surface area contributed by atoms with Gasteiger partial charge in [0.25, 0.3) is 5.91 Å². The molecule has 1 aliphatic heterocycles. The molecule has 0 spiro atoms. The molecular weight excluding hydrogens is 330 g/mol. The summed E-state index contributed by atoms with van der Waals surface area (Å²) in [7, 11) is 0. The molecule has 2 heterocycles. The molecule has 0 saturated heterocycles. The van der Waals surface area contributed by atoms with Crippen molar-refractivity contribution in [3.05, 3.63) is 63.6 Å². The van der Waals surface area contributed by atoms with E-state index in [2.05, 4.69) is 10.3 Å². The molecule has 6 nitrogen and oxygen atoms in total. The molecule has 1 aromatic carbocycles. The predicted molar refractivity (Wildman–Crippen MR) is 97.9 cm³/mol. The quantitative estimate of drug-likeness (QED) is 0.890. The highest BCUT2D eigenvalue weighted by molar-refractivity contribution is 5.98. The summed E-state index contributed by atoms with van der Waals surface area (Å²) in [6.45, 7) is 0.869. The van der Waals surface area contributed by atoms with Crippen LogP contribution in [-0.4, -0.2) is 28.2 Å². The van der Waals surface area contributed by atoms with Crippen molar-refractivity contribution in [3.63, 3.8) is 0 Å². The van der Waals surface area contributed by atoms with Gasteiger partial charge in [-0.1, -0.05) is 12.5 Å². The maximum atomic E-state index is 12.9. The normalized spacial score (nSPS) is 16.5. The molecule has 134 valence electrons. The van der Waals surface area contributed by atoms with Crippen molar-refractivity contribution in [3.8, 4) is 0 Å². The highest BCUT2D eigenvalue weighted by atomic mass is 16.2. The van der Waals surface area contributed by atoms with Crippen molar-refractivity contribution in [1.29, 1.82) is 0 Å². The third-order valence-electron chi connectivity index (χ3n) is 5.27. The van der Waals surface area contributed by atoms with Gasteiger partial charge >= 0.3 is 0 Å². The zero-order valence-electron chi connectivity index (χ0n) is 14.5. The monoisotopic (exact) mass is 351 g/mol. The average molecular weight is 351 g/mol. The summed E-state index contributed by atoms with van der Waals surface area (Å²) in [5.41, 5.74) is 2.68. The fourth-order valence-electron chi connectivity index (χ4n) is 3.47. The number of aromatic amines is 1. The number of benzene rings is 1. The molecule has 0 bridgehead atoms. The number of hydrogen-bond acceptors (Lipinski definition) is 3. The lowest BCUT2D eigenvalue weighted by atomic mass is 9.85. The number of pyridine rings is 1. The van der Waals surface area contributed by atoms with Crippen molar-refractivity contribution in [1.82, 2.24) is 9.88 Å². The lowest BCUT2D eigenvalue weighted by molar-refractivity contribution is -0.122. The summed E-state index contributed by atoms with van der Waals surface area (Å²) < 4.78 is 0. The van der Waals surface area contributed by atoms with Gasteiger partial charge < -0.3 is 15.2 Å². The summed E-state index contributed by atoms with van der Waals surface area (Å²) in [5, 5.41) is 2.90. The number of anilines is 1. The fraction of sp³-hybridized carbons (Fsp3) is 0.350. The molecule has 2 amide bonds. The number of H-pyrrole nitrogens is 1. The number of fused-ring (bicyclic) bond motifs is 1. The van der Waals surface area contributed by atoms with Gasteiger partial charge in [-0.15, -0.1) is 0 Å². The number of hydrogen-bond donors (Lipinski definition) is 2. The molecule has 1 fully saturated rings. The van der Waals surface area contributed by atoms with E-state index in [0.717, 1.165) is 25.0 Å². The second-order valence-corrected chi connectivity index (χ2v) is 6.97. The zero-order valence-corrected chi connectivity index (χ0v) is 14.5. The number of carbonyl (C=O) groups excluding carboxylic acids is 2. The Bertz CT molecular complexity index is 915. The van der Waals surface area contributed by atoms with E-state index in [-0.39, 0.29) is 23.2 Å². The Hall–Kier alpha value is -2.89. The molecular formula is C20H21N3O3. The number of aromatic nitrogens is 1. The second-order valence-electron chi connectivity index (χ2n) is 6.97. The Labute approximate surface area is 151 Å². The van der Waals surface area contributed by atoms with E-state index in [0.29, 0.717) is 36.3 Å². The van der Waals surface area contributed by atoms with Gasteiger partial charge in [0, 0.05) is 53.7 Å². The van der Waals surface area contributed by atoms with E-state index in [1.165, 1.54) is 6.07 Å². The van der Waals surface area contributed by atoms with Gasteiger partial charge in [0.05, 0.1) is 6.54 Å². The molecule has 2 aliphatic rings. The first-order valence-corrected chi connectivity index (χ1v) is 9.01. The zero-order chi connectivity index (χ0) is 18.1. The number of carbonyl (C=O) groups is 2.